The Bertz CT molecular complexity index is 530. The number of hydrogen-bond donors (Lipinski definition) is 2. The highest BCUT2D eigenvalue weighted by molar-refractivity contribution is 5.99. The average molecular weight is 292 g/mol. The van der Waals surface area contributed by atoms with Crippen molar-refractivity contribution in [3.8, 4) is 11.5 Å². The number of nitrogens with one attached hydrogen (secondary N) is 2. The molecule has 114 valence electrons. The van der Waals surface area contributed by atoms with Gasteiger partial charge in [0.2, 0.25) is 5.91 Å². The van der Waals surface area contributed by atoms with Gasteiger partial charge < -0.3 is 20.1 Å². The molecule has 2 amide bonds. The van der Waals surface area contributed by atoms with Crippen molar-refractivity contribution in [1.29, 1.82) is 0 Å². The first-order chi connectivity index (χ1) is 10.2. The third-order valence-corrected chi connectivity index (χ3v) is 3.49. The molecule has 1 aromatic rings. The molecule has 1 atom stereocenters. The summed E-state index contributed by atoms with van der Waals surface area (Å²) in [6.07, 6.45) is 2.49. The molecule has 0 bridgehead atoms. The zero-order valence-electron chi connectivity index (χ0n) is 12.3. The molecule has 0 radical (unpaired) electrons. The summed E-state index contributed by atoms with van der Waals surface area (Å²) < 4.78 is 10.3. The standard InChI is InChI=1S/C15H20N2O4/c1-20-10-6-7-11(13(9-10)21-2)14(18)17-12-5-3-4-8-16-15(12)19/h6-7,9,12H,3-5,8H2,1-2H3,(H,16,19)(H,17,18). The highest BCUT2D eigenvalue weighted by Gasteiger charge is 2.24. The van der Waals surface area contributed by atoms with E-state index < -0.39 is 6.04 Å². The fourth-order valence-electron chi connectivity index (χ4n) is 2.30. The molecule has 0 saturated carbocycles. The second-order valence-corrected chi connectivity index (χ2v) is 4.88. The Morgan fingerprint density at radius 2 is 2.10 bits per heavy atom. The van der Waals surface area contributed by atoms with E-state index in [1.807, 2.05) is 0 Å². The van der Waals surface area contributed by atoms with Crippen LogP contribution >= 0.6 is 0 Å². The zero-order chi connectivity index (χ0) is 15.2. The topological polar surface area (TPSA) is 76.7 Å². The van der Waals surface area contributed by atoms with Gasteiger partial charge in [0.25, 0.3) is 5.91 Å². The molecule has 6 nitrogen and oxygen atoms in total. The predicted octanol–water partition coefficient (Wildman–Crippen LogP) is 1.10. The predicted molar refractivity (Wildman–Crippen MR) is 77.7 cm³/mol. The van der Waals surface area contributed by atoms with Gasteiger partial charge in [0.15, 0.2) is 0 Å². The maximum absolute atomic E-state index is 12.3. The second kappa shape index (κ2) is 6.97. The Hall–Kier alpha value is -2.24. The monoisotopic (exact) mass is 292 g/mol. The largest absolute Gasteiger partial charge is 0.497 e. The van der Waals surface area contributed by atoms with Crippen molar-refractivity contribution in [1.82, 2.24) is 10.6 Å². The third kappa shape index (κ3) is 3.65. The summed E-state index contributed by atoms with van der Waals surface area (Å²) in [6.45, 7) is 0.664. The van der Waals surface area contributed by atoms with Crippen LogP contribution in [0.4, 0.5) is 0 Å². The molecule has 1 fully saturated rings. The fraction of sp³-hybridized carbons (Fsp3) is 0.467. The lowest BCUT2D eigenvalue weighted by molar-refractivity contribution is -0.122. The molecular formula is C15H20N2O4. The lowest BCUT2D eigenvalue weighted by Crippen LogP contribution is -2.45. The summed E-state index contributed by atoms with van der Waals surface area (Å²) in [5.41, 5.74) is 0.385. The van der Waals surface area contributed by atoms with Gasteiger partial charge in [-0.3, -0.25) is 9.59 Å². The van der Waals surface area contributed by atoms with Crippen LogP contribution in [-0.2, 0) is 4.79 Å². The Labute approximate surface area is 123 Å². The quantitative estimate of drug-likeness (QED) is 0.871. The summed E-state index contributed by atoms with van der Waals surface area (Å²) in [5.74, 6) is 0.571. The van der Waals surface area contributed by atoms with Crippen molar-refractivity contribution >= 4 is 11.8 Å². The van der Waals surface area contributed by atoms with Crippen LogP contribution in [0.5, 0.6) is 11.5 Å². The van der Waals surface area contributed by atoms with E-state index in [0.29, 0.717) is 30.0 Å². The molecule has 1 aliphatic heterocycles. The van der Waals surface area contributed by atoms with E-state index in [1.54, 1.807) is 25.3 Å². The Balaban J connectivity index is 2.14. The fourth-order valence-corrected chi connectivity index (χ4v) is 2.30. The van der Waals surface area contributed by atoms with Crippen LogP contribution in [0.25, 0.3) is 0 Å². The third-order valence-electron chi connectivity index (χ3n) is 3.49. The lowest BCUT2D eigenvalue weighted by Gasteiger charge is -2.16. The smallest absolute Gasteiger partial charge is 0.255 e. The molecule has 0 aromatic heterocycles. The van der Waals surface area contributed by atoms with E-state index in [2.05, 4.69) is 10.6 Å². The first-order valence-corrected chi connectivity index (χ1v) is 6.96. The second-order valence-electron chi connectivity index (χ2n) is 4.88. The molecule has 6 heteroatoms. The highest BCUT2D eigenvalue weighted by Crippen LogP contribution is 2.24. The SMILES string of the molecule is COc1ccc(C(=O)NC2CCCCNC2=O)c(OC)c1. The van der Waals surface area contributed by atoms with Crippen molar-refractivity contribution < 1.29 is 19.1 Å². The van der Waals surface area contributed by atoms with E-state index in [0.717, 1.165) is 12.8 Å². The number of hydrogen-bond acceptors (Lipinski definition) is 4. The molecule has 21 heavy (non-hydrogen) atoms. The van der Waals surface area contributed by atoms with E-state index in [-0.39, 0.29) is 11.8 Å². The molecule has 1 heterocycles. The van der Waals surface area contributed by atoms with Crippen LogP contribution in [0.15, 0.2) is 18.2 Å². The minimum Gasteiger partial charge on any atom is -0.497 e. The Kier molecular flexibility index (Phi) is 5.03. The molecular weight excluding hydrogens is 272 g/mol. The van der Waals surface area contributed by atoms with Crippen LogP contribution in [0, 0.1) is 0 Å². The van der Waals surface area contributed by atoms with Crippen LogP contribution in [0.2, 0.25) is 0 Å². The number of amides is 2. The van der Waals surface area contributed by atoms with E-state index in [1.165, 1.54) is 7.11 Å². The number of methoxy groups -OCH3 is 2. The van der Waals surface area contributed by atoms with E-state index in [9.17, 15) is 9.59 Å². The van der Waals surface area contributed by atoms with Crippen LogP contribution in [0.3, 0.4) is 0 Å². The summed E-state index contributed by atoms with van der Waals surface area (Å²) in [4.78, 5) is 24.2. The zero-order valence-corrected chi connectivity index (χ0v) is 12.3. The summed E-state index contributed by atoms with van der Waals surface area (Å²) in [7, 11) is 3.04. The molecule has 1 aromatic carbocycles. The van der Waals surface area contributed by atoms with Crippen molar-refractivity contribution in [2.24, 2.45) is 0 Å². The van der Waals surface area contributed by atoms with Gasteiger partial charge in [0.1, 0.15) is 17.5 Å². The minimum absolute atomic E-state index is 0.131. The van der Waals surface area contributed by atoms with Gasteiger partial charge in [-0.2, -0.15) is 0 Å². The van der Waals surface area contributed by atoms with Gasteiger partial charge in [-0.1, -0.05) is 0 Å². The Morgan fingerprint density at radius 1 is 1.29 bits per heavy atom. The number of rotatable bonds is 4. The van der Waals surface area contributed by atoms with E-state index >= 15 is 0 Å². The average Bonchev–Trinajstić information content (AvgIpc) is 2.71. The van der Waals surface area contributed by atoms with Crippen LogP contribution in [0.1, 0.15) is 29.6 Å². The highest BCUT2D eigenvalue weighted by atomic mass is 16.5. The lowest BCUT2D eigenvalue weighted by atomic mass is 10.1. The van der Waals surface area contributed by atoms with Crippen molar-refractivity contribution in [2.75, 3.05) is 20.8 Å². The molecule has 0 spiro atoms. The van der Waals surface area contributed by atoms with E-state index in [4.69, 9.17) is 9.47 Å². The van der Waals surface area contributed by atoms with Gasteiger partial charge in [0.05, 0.1) is 19.8 Å². The number of carbonyl (C=O) groups excluding carboxylic acids is 2. The van der Waals surface area contributed by atoms with Crippen molar-refractivity contribution in [3.05, 3.63) is 23.8 Å². The first kappa shape index (κ1) is 15.2. The van der Waals surface area contributed by atoms with Crippen molar-refractivity contribution in [2.45, 2.75) is 25.3 Å². The normalized spacial score (nSPS) is 18.4. The van der Waals surface area contributed by atoms with Gasteiger partial charge in [-0.25, -0.2) is 0 Å². The molecule has 2 rings (SSSR count). The summed E-state index contributed by atoms with van der Waals surface area (Å²) >= 11 is 0. The molecule has 1 saturated heterocycles. The number of carbonyl (C=O) groups is 2. The molecule has 1 aliphatic rings. The first-order valence-electron chi connectivity index (χ1n) is 6.96. The minimum atomic E-state index is -0.494. The van der Waals surface area contributed by atoms with Gasteiger partial charge in [-0.05, 0) is 31.4 Å². The van der Waals surface area contributed by atoms with Gasteiger partial charge in [0, 0.05) is 12.6 Å². The van der Waals surface area contributed by atoms with Crippen LogP contribution < -0.4 is 20.1 Å². The molecule has 0 aliphatic carbocycles. The maximum atomic E-state index is 12.3. The summed E-state index contributed by atoms with van der Waals surface area (Å²) in [5, 5.41) is 5.56. The molecule has 1 unspecified atom stereocenters. The Morgan fingerprint density at radius 3 is 2.81 bits per heavy atom. The van der Waals surface area contributed by atoms with Gasteiger partial charge >= 0.3 is 0 Å². The van der Waals surface area contributed by atoms with Crippen molar-refractivity contribution in [3.63, 3.8) is 0 Å². The number of benzene rings is 1. The molecule has 2 N–H and O–H groups in total. The van der Waals surface area contributed by atoms with Crippen LogP contribution in [-0.4, -0.2) is 38.6 Å². The number of ether oxygens (including phenoxy) is 2. The maximum Gasteiger partial charge on any atom is 0.255 e. The summed E-state index contributed by atoms with van der Waals surface area (Å²) in [6, 6.07) is 4.46. The van der Waals surface area contributed by atoms with Gasteiger partial charge in [-0.15, -0.1) is 0 Å².